The van der Waals surface area contributed by atoms with Gasteiger partial charge in [0.05, 0.1) is 17.7 Å². The molecule has 0 bridgehead atoms. The van der Waals surface area contributed by atoms with Crippen molar-refractivity contribution in [2.24, 2.45) is 4.99 Å². The van der Waals surface area contributed by atoms with E-state index in [1.165, 1.54) is 11.3 Å². The van der Waals surface area contributed by atoms with Gasteiger partial charge < -0.3 is 9.47 Å². The molecule has 0 saturated carbocycles. The summed E-state index contributed by atoms with van der Waals surface area (Å²) in [4.78, 5) is 5.56. The lowest BCUT2D eigenvalue weighted by Crippen LogP contribution is -1.99. The monoisotopic (exact) mass is 444 g/mol. The van der Waals surface area contributed by atoms with Crippen molar-refractivity contribution in [3.05, 3.63) is 73.6 Å². The summed E-state index contributed by atoms with van der Waals surface area (Å²) in [5, 5.41) is 11.1. The second-order valence-corrected chi connectivity index (χ2v) is 8.33. The smallest absolute Gasteiger partial charge is 0.180 e. The molecule has 0 N–H and O–H groups in total. The van der Waals surface area contributed by atoms with Gasteiger partial charge in [0.15, 0.2) is 11.5 Å². The van der Waals surface area contributed by atoms with E-state index in [4.69, 9.17) is 32.7 Å². The molecule has 0 aliphatic rings. The molecule has 29 heavy (non-hydrogen) atoms. The number of hydrogen-bond donors (Lipinski definition) is 0. The highest BCUT2D eigenvalue weighted by atomic mass is 35.5. The maximum absolute atomic E-state index is 9.36. The van der Waals surface area contributed by atoms with Crippen molar-refractivity contribution >= 4 is 45.8 Å². The fourth-order valence-corrected chi connectivity index (χ4v) is 4.01. The van der Waals surface area contributed by atoms with Gasteiger partial charge in [0, 0.05) is 16.1 Å². The SMILES string of the molecule is COc1cc(C=Nc2sc(C)c(C)c2C#N)cc(Cl)c1OCc1ccc(Cl)cc1. The minimum atomic E-state index is 0.333. The van der Waals surface area contributed by atoms with Gasteiger partial charge in [0.2, 0.25) is 0 Å². The average molecular weight is 445 g/mol. The van der Waals surface area contributed by atoms with E-state index in [1.54, 1.807) is 25.5 Å². The summed E-state index contributed by atoms with van der Waals surface area (Å²) in [6.45, 7) is 4.24. The maximum Gasteiger partial charge on any atom is 0.180 e. The Balaban J connectivity index is 1.83. The normalized spacial score (nSPS) is 10.9. The van der Waals surface area contributed by atoms with E-state index in [2.05, 4.69) is 11.1 Å². The number of rotatable bonds is 6. The van der Waals surface area contributed by atoms with Crippen molar-refractivity contribution in [2.75, 3.05) is 7.11 Å². The van der Waals surface area contributed by atoms with E-state index in [0.29, 0.717) is 38.7 Å². The summed E-state index contributed by atoms with van der Waals surface area (Å²) in [7, 11) is 1.56. The third kappa shape index (κ3) is 4.91. The lowest BCUT2D eigenvalue weighted by Gasteiger charge is -2.13. The number of aliphatic imine (C=N–C) groups is 1. The minimum Gasteiger partial charge on any atom is -0.493 e. The van der Waals surface area contributed by atoms with Gasteiger partial charge in [0.25, 0.3) is 0 Å². The third-order valence-electron chi connectivity index (χ3n) is 4.36. The van der Waals surface area contributed by atoms with Gasteiger partial charge in [-0.25, -0.2) is 4.99 Å². The lowest BCUT2D eigenvalue weighted by atomic mass is 10.2. The fraction of sp³-hybridized carbons (Fsp3) is 0.182. The maximum atomic E-state index is 9.36. The van der Waals surface area contributed by atoms with E-state index in [-0.39, 0.29) is 0 Å². The molecule has 4 nitrogen and oxygen atoms in total. The lowest BCUT2D eigenvalue weighted by molar-refractivity contribution is 0.284. The van der Waals surface area contributed by atoms with Crippen LogP contribution in [0, 0.1) is 25.2 Å². The molecule has 148 valence electrons. The molecular weight excluding hydrogens is 427 g/mol. The molecule has 7 heteroatoms. The van der Waals surface area contributed by atoms with Crippen LogP contribution in [-0.2, 0) is 6.61 Å². The van der Waals surface area contributed by atoms with Gasteiger partial charge in [-0.2, -0.15) is 5.26 Å². The van der Waals surface area contributed by atoms with E-state index in [9.17, 15) is 5.26 Å². The number of aryl methyl sites for hydroxylation is 1. The van der Waals surface area contributed by atoms with Gasteiger partial charge in [-0.3, -0.25) is 0 Å². The zero-order chi connectivity index (χ0) is 21.0. The molecule has 0 saturated heterocycles. The summed E-state index contributed by atoms with van der Waals surface area (Å²) in [5.74, 6) is 0.966. The second kappa shape index (κ2) is 9.32. The number of methoxy groups -OCH3 is 1. The highest BCUT2D eigenvalue weighted by Gasteiger charge is 2.13. The summed E-state index contributed by atoms with van der Waals surface area (Å²) in [6, 6.07) is 13.2. The Kier molecular flexibility index (Phi) is 6.81. The van der Waals surface area contributed by atoms with Crippen LogP contribution in [0.3, 0.4) is 0 Å². The van der Waals surface area contributed by atoms with Crippen LogP contribution in [0.15, 0.2) is 41.4 Å². The molecule has 0 fully saturated rings. The molecule has 2 aromatic carbocycles. The Hall–Kier alpha value is -2.52. The number of halogens is 2. The zero-order valence-electron chi connectivity index (χ0n) is 16.1. The van der Waals surface area contributed by atoms with Crippen molar-refractivity contribution in [2.45, 2.75) is 20.5 Å². The Bertz CT molecular complexity index is 1100. The molecule has 1 heterocycles. The first-order valence-corrected chi connectivity index (χ1v) is 10.3. The largest absolute Gasteiger partial charge is 0.493 e. The standard InChI is InChI=1S/C22H18Cl2N2O2S/c1-13-14(2)29-22(18(13)10-25)26-11-16-8-19(24)21(20(9-16)27-3)28-12-15-4-6-17(23)7-5-15/h4-9,11H,12H2,1-3H3. The number of hydrogen-bond acceptors (Lipinski definition) is 5. The van der Waals surface area contributed by atoms with Crippen LogP contribution < -0.4 is 9.47 Å². The molecule has 3 rings (SSSR count). The molecular formula is C22H18Cl2N2O2S. The predicted molar refractivity (Wildman–Crippen MR) is 120 cm³/mol. The fourth-order valence-electron chi connectivity index (χ4n) is 2.66. The van der Waals surface area contributed by atoms with Gasteiger partial charge >= 0.3 is 0 Å². The van der Waals surface area contributed by atoms with Crippen LogP contribution in [0.4, 0.5) is 5.00 Å². The topological polar surface area (TPSA) is 54.6 Å². The van der Waals surface area contributed by atoms with Gasteiger partial charge in [-0.05, 0) is 54.8 Å². The second-order valence-electron chi connectivity index (χ2n) is 6.28. The van der Waals surface area contributed by atoms with Crippen LogP contribution >= 0.6 is 34.5 Å². The van der Waals surface area contributed by atoms with E-state index >= 15 is 0 Å². The molecule has 1 aromatic heterocycles. The van der Waals surface area contributed by atoms with Crippen LogP contribution in [-0.4, -0.2) is 13.3 Å². The first kappa shape index (κ1) is 21.2. The Morgan fingerprint density at radius 1 is 1.17 bits per heavy atom. The van der Waals surface area contributed by atoms with Crippen LogP contribution in [0.25, 0.3) is 0 Å². The molecule has 0 amide bonds. The molecule has 0 atom stereocenters. The third-order valence-corrected chi connectivity index (χ3v) is 6.01. The average Bonchev–Trinajstić information content (AvgIpc) is 2.99. The summed E-state index contributed by atoms with van der Waals surface area (Å²) in [6.07, 6.45) is 1.67. The Morgan fingerprint density at radius 2 is 1.90 bits per heavy atom. The van der Waals surface area contributed by atoms with Crippen molar-refractivity contribution < 1.29 is 9.47 Å². The van der Waals surface area contributed by atoms with Crippen LogP contribution in [0.1, 0.15) is 27.1 Å². The molecule has 0 aliphatic heterocycles. The predicted octanol–water partition coefficient (Wildman–Crippen LogP) is 6.88. The van der Waals surface area contributed by atoms with Crippen molar-refractivity contribution in [3.8, 4) is 17.6 Å². The number of nitriles is 1. The zero-order valence-corrected chi connectivity index (χ0v) is 18.5. The Morgan fingerprint density at radius 3 is 2.55 bits per heavy atom. The van der Waals surface area contributed by atoms with Gasteiger partial charge in [-0.1, -0.05) is 35.3 Å². The van der Waals surface area contributed by atoms with Crippen molar-refractivity contribution in [1.82, 2.24) is 0 Å². The first-order valence-electron chi connectivity index (χ1n) is 8.72. The molecule has 0 unspecified atom stereocenters. The van der Waals surface area contributed by atoms with Crippen LogP contribution in [0.5, 0.6) is 11.5 Å². The van der Waals surface area contributed by atoms with Gasteiger partial charge in [0.1, 0.15) is 17.7 Å². The Labute approximate surface area is 183 Å². The highest BCUT2D eigenvalue weighted by Crippen LogP contribution is 2.38. The summed E-state index contributed by atoms with van der Waals surface area (Å²) >= 11 is 13.8. The number of thiophene rings is 1. The number of nitrogens with zero attached hydrogens (tertiary/aromatic N) is 2. The molecule has 0 spiro atoms. The minimum absolute atomic E-state index is 0.333. The van der Waals surface area contributed by atoms with E-state index in [0.717, 1.165) is 21.6 Å². The van der Waals surface area contributed by atoms with Crippen molar-refractivity contribution in [3.63, 3.8) is 0 Å². The molecule has 0 radical (unpaired) electrons. The summed E-state index contributed by atoms with van der Waals surface area (Å²) < 4.78 is 11.3. The number of benzene rings is 2. The van der Waals surface area contributed by atoms with Gasteiger partial charge in [-0.15, -0.1) is 11.3 Å². The number of ether oxygens (including phenoxy) is 2. The van der Waals surface area contributed by atoms with E-state index in [1.807, 2.05) is 38.1 Å². The summed E-state index contributed by atoms with van der Waals surface area (Å²) in [5.41, 5.74) is 3.28. The molecule has 3 aromatic rings. The molecule has 0 aliphatic carbocycles. The first-order chi connectivity index (χ1) is 13.9. The highest BCUT2D eigenvalue weighted by molar-refractivity contribution is 7.16. The van der Waals surface area contributed by atoms with E-state index < -0.39 is 0 Å². The quantitative estimate of drug-likeness (QED) is 0.389. The van der Waals surface area contributed by atoms with Crippen molar-refractivity contribution in [1.29, 1.82) is 5.26 Å². The van der Waals surface area contributed by atoms with Crippen LogP contribution in [0.2, 0.25) is 10.0 Å².